The smallest absolute Gasteiger partial charge is 0.273 e. The molecule has 0 saturated carbocycles. The van der Waals surface area contributed by atoms with Gasteiger partial charge in [-0.2, -0.15) is 0 Å². The molecule has 0 bridgehead atoms. The number of anilines is 2. The summed E-state index contributed by atoms with van der Waals surface area (Å²) in [5.41, 5.74) is 0.400. The van der Waals surface area contributed by atoms with Gasteiger partial charge in [0.05, 0.1) is 22.3 Å². The normalized spacial score (nSPS) is 22.1. The van der Waals surface area contributed by atoms with Gasteiger partial charge >= 0.3 is 0 Å². The zero-order valence-corrected chi connectivity index (χ0v) is 17.6. The van der Waals surface area contributed by atoms with E-state index in [-0.39, 0.29) is 16.4 Å². The van der Waals surface area contributed by atoms with E-state index in [9.17, 15) is 24.1 Å². The molecular formula is C23H15ClFN3O5. The first-order valence-electron chi connectivity index (χ1n) is 9.95. The lowest BCUT2D eigenvalue weighted by molar-refractivity contribution is -0.384. The maximum absolute atomic E-state index is 14.4. The van der Waals surface area contributed by atoms with Crippen LogP contribution in [-0.2, 0) is 14.4 Å². The number of hydrogen-bond donors (Lipinski definition) is 0. The van der Waals surface area contributed by atoms with E-state index in [1.54, 1.807) is 36.4 Å². The van der Waals surface area contributed by atoms with Gasteiger partial charge in [0.15, 0.2) is 6.10 Å². The summed E-state index contributed by atoms with van der Waals surface area (Å²) in [7, 11) is 0. The summed E-state index contributed by atoms with van der Waals surface area (Å²) in [4.78, 5) is 44.2. The van der Waals surface area contributed by atoms with Crippen LogP contribution >= 0.6 is 11.6 Å². The number of hydrogen-bond acceptors (Lipinski definition) is 6. The molecule has 0 spiro atoms. The van der Waals surface area contributed by atoms with Gasteiger partial charge in [0.25, 0.3) is 11.6 Å². The molecule has 3 unspecified atom stereocenters. The quantitative estimate of drug-likeness (QED) is 0.320. The largest absolute Gasteiger partial charge is 0.288 e. The molecule has 2 saturated heterocycles. The highest BCUT2D eigenvalue weighted by Crippen LogP contribution is 2.48. The Morgan fingerprint density at radius 1 is 0.970 bits per heavy atom. The minimum Gasteiger partial charge on any atom is -0.273 e. The summed E-state index contributed by atoms with van der Waals surface area (Å²) < 4.78 is 14.4. The molecule has 0 N–H and O–H groups in total. The van der Waals surface area contributed by atoms with Gasteiger partial charge in [-0.05, 0) is 35.9 Å². The Morgan fingerprint density at radius 3 is 2.36 bits per heavy atom. The Bertz CT molecular complexity index is 1290. The molecule has 3 aromatic carbocycles. The van der Waals surface area contributed by atoms with E-state index >= 15 is 0 Å². The van der Waals surface area contributed by atoms with Gasteiger partial charge in [0, 0.05) is 6.07 Å². The van der Waals surface area contributed by atoms with Crippen molar-refractivity contribution < 1.29 is 23.7 Å². The van der Waals surface area contributed by atoms with Crippen LogP contribution in [0.15, 0.2) is 72.8 Å². The molecule has 2 fully saturated rings. The first kappa shape index (κ1) is 21.0. The van der Waals surface area contributed by atoms with Crippen LogP contribution in [-0.4, -0.2) is 22.8 Å². The lowest BCUT2D eigenvalue weighted by atomic mass is 9.90. The summed E-state index contributed by atoms with van der Waals surface area (Å²) in [5.74, 6) is -3.14. The molecule has 8 nitrogen and oxygen atoms in total. The third-order valence-corrected chi connectivity index (χ3v) is 6.05. The van der Waals surface area contributed by atoms with Crippen LogP contribution in [0, 0.1) is 21.8 Å². The molecule has 0 radical (unpaired) electrons. The number of rotatable bonds is 4. The molecule has 33 heavy (non-hydrogen) atoms. The summed E-state index contributed by atoms with van der Waals surface area (Å²) >= 11 is 5.98. The van der Waals surface area contributed by atoms with Crippen molar-refractivity contribution in [1.29, 1.82) is 0 Å². The predicted octanol–water partition coefficient (Wildman–Crippen LogP) is 4.44. The Labute approximate surface area is 191 Å². The Hall–Kier alpha value is -3.82. The Morgan fingerprint density at radius 2 is 1.67 bits per heavy atom. The summed E-state index contributed by atoms with van der Waals surface area (Å²) in [6.07, 6.45) is -1.22. The van der Waals surface area contributed by atoms with Crippen molar-refractivity contribution in [3.63, 3.8) is 0 Å². The van der Waals surface area contributed by atoms with Crippen molar-refractivity contribution in [3.05, 3.63) is 99.3 Å². The summed E-state index contributed by atoms with van der Waals surface area (Å²) in [6.45, 7) is 0. The number of imide groups is 1. The molecular weight excluding hydrogens is 453 g/mol. The molecule has 5 rings (SSSR count). The van der Waals surface area contributed by atoms with E-state index in [0.29, 0.717) is 11.3 Å². The van der Waals surface area contributed by atoms with Gasteiger partial charge in [0.1, 0.15) is 16.8 Å². The van der Waals surface area contributed by atoms with Crippen molar-refractivity contribution in [1.82, 2.24) is 0 Å². The first-order chi connectivity index (χ1) is 15.9. The second-order valence-electron chi connectivity index (χ2n) is 7.59. The van der Waals surface area contributed by atoms with Gasteiger partial charge in [-0.25, -0.2) is 14.4 Å². The Kier molecular flexibility index (Phi) is 5.07. The van der Waals surface area contributed by atoms with Gasteiger partial charge in [-0.3, -0.25) is 24.5 Å². The number of carbonyl (C=O) groups excluding carboxylic acids is 2. The Balaban J connectivity index is 1.63. The van der Waals surface area contributed by atoms with E-state index in [2.05, 4.69) is 0 Å². The highest BCUT2D eigenvalue weighted by atomic mass is 35.5. The molecule has 2 amide bonds. The second kappa shape index (κ2) is 7.95. The number of nitro benzene ring substituents is 1. The molecule has 3 atom stereocenters. The minimum atomic E-state index is -1.22. The number of benzene rings is 3. The fourth-order valence-electron chi connectivity index (χ4n) is 4.28. The maximum atomic E-state index is 14.4. The molecule has 0 aromatic heterocycles. The number of fused-ring (bicyclic) bond motifs is 1. The molecule has 2 aliphatic rings. The molecule has 2 aliphatic heterocycles. The number of carbonyl (C=O) groups is 2. The number of nitro groups is 1. The topological polar surface area (TPSA) is 93.0 Å². The standard InChI is InChI=1S/C23H15ClFN3O5/c24-15-11-10-13(12-18(15)28(31)32)20-19-21(33-27(20)14-6-2-1-3-7-14)23(30)26(22(19)29)17-9-5-4-8-16(17)25/h1-12,19-21H. The molecule has 2 heterocycles. The van der Waals surface area contributed by atoms with Crippen LogP contribution in [0.4, 0.5) is 21.5 Å². The SMILES string of the molecule is O=C1C2ON(c3ccccc3)C(c3ccc(Cl)c([N+](=O)[O-])c3)C2C(=O)N1c1ccccc1F. The van der Waals surface area contributed by atoms with Crippen LogP contribution in [0.25, 0.3) is 0 Å². The van der Waals surface area contributed by atoms with Crippen molar-refractivity contribution >= 4 is 40.5 Å². The van der Waals surface area contributed by atoms with Crippen LogP contribution in [0.1, 0.15) is 11.6 Å². The van der Waals surface area contributed by atoms with E-state index in [4.69, 9.17) is 16.4 Å². The van der Waals surface area contributed by atoms with Crippen molar-refractivity contribution in [2.45, 2.75) is 12.1 Å². The highest BCUT2D eigenvalue weighted by molar-refractivity contribution is 6.32. The number of nitrogens with zero attached hydrogens (tertiary/aromatic N) is 3. The average Bonchev–Trinajstić information content (AvgIpc) is 3.31. The number of amides is 2. The first-order valence-corrected chi connectivity index (χ1v) is 10.3. The predicted molar refractivity (Wildman–Crippen MR) is 117 cm³/mol. The van der Waals surface area contributed by atoms with Crippen molar-refractivity contribution in [3.8, 4) is 0 Å². The molecule has 166 valence electrons. The van der Waals surface area contributed by atoms with Crippen LogP contribution in [0.2, 0.25) is 5.02 Å². The maximum Gasteiger partial charge on any atom is 0.288 e. The summed E-state index contributed by atoms with van der Waals surface area (Å²) in [5, 5.41) is 12.8. The number of hydroxylamine groups is 1. The van der Waals surface area contributed by atoms with Gasteiger partial charge in [-0.1, -0.05) is 48.0 Å². The van der Waals surface area contributed by atoms with Gasteiger partial charge in [-0.15, -0.1) is 0 Å². The van der Waals surface area contributed by atoms with Crippen LogP contribution < -0.4 is 9.96 Å². The van der Waals surface area contributed by atoms with Crippen molar-refractivity contribution in [2.75, 3.05) is 9.96 Å². The average molecular weight is 468 g/mol. The van der Waals surface area contributed by atoms with E-state index < -0.39 is 40.6 Å². The zero-order valence-electron chi connectivity index (χ0n) is 16.8. The van der Waals surface area contributed by atoms with Gasteiger partial charge in [0.2, 0.25) is 5.91 Å². The lowest BCUT2D eigenvalue weighted by Gasteiger charge is -2.28. The fourth-order valence-corrected chi connectivity index (χ4v) is 4.46. The van der Waals surface area contributed by atoms with Gasteiger partial charge < -0.3 is 0 Å². The van der Waals surface area contributed by atoms with Crippen LogP contribution in [0.3, 0.4) is 0 Å². The summed E-state index contributed by atoms with van der Waals surface area (Å²) in [6, 6.07) is 17.5. The monoisotopic (exact) mass is 467 g/mol. The third-order valence-electron chi connectivity index (χ3n) is 5.73. The van der Waals surface area contributed by atoms with Crippen LogP contribution in [0.5, 0.6) is 0 Å². The van der Waals surface area contributed by atoms with E-state index in [1.165, 1.54) is 35.4 Å². The van der Waals surface area contributed by atoms with E-state index in [1.807, 2.05) is 0 Å². The van der Waals surface area contributed by atoms with Crippen molar-refractivity contribution in [2.24, 2.45) is 5.92 Å². The zero-order chi connectivity index (χ0) is 23.3. The molecule has 10 heteroatoms. The third kappa shape index (κ3) is 3.33. The fraction of sp³-hybridized carbons (Fsp3) is 0.130. The number of para-hydroxylation sites is 2. The minimum absolute atomic E-state index is 0.0627. The molecule has 3 aromatic rings. The van der Waals surface area contributed by atoms with E-state index in [0.717, 1.165) is 11.0 Å². The highest BCUT2D eigenvalue weighted by Gasteiger charge is 2.60. The number of halogens is 2. The second-order valence-corrected chi connectivity index (χ2v) is 8.00. The lowest BCUT2D eigenvalue weighted by Crippen LogP contribution is -2.37. The molecule has 0 aliphatic carbocycles.